The van der Waals surface area contributed by atoms with Crippen LogP contribution in [0.2, 0.25) is 0 Å². The second-order valence-electron chi connectivity index (χ2n) is 5.97. The summed E-state index contributed by atoms with van der Waals surface area (Å²) in [6.45, 7) is 8.22. The van der Waals surface area contributed by atoms with Crippen molar-refractivity contribution in [3.05, 3.63) is 65.5 Å². The summed E-state index contributed by atoms with van der Waals surface area (Å²) in [4.78, 5) is 14.4. The molecule has 2 N–H and O–H groups in total. The molecule has 0 aliphatic rings. The van der Waals surface area contributed by atoms with Crippen molar-refractivity contribution in [2.24, 2.45) is 0 Å². The first-order valence-electron chi connectivity index (χ1n) is 8.67. The number of hydrogen-bond donors (Lipinski definition) is 2. The van der Waals surface area contributed by atoms with Gasteiger partial charge in [0.15, 0.2) is 0 Å². The molecule has 0 aliphatic carbocycles. The lowest BCUT2D eigenvalue weighted by Crippen LogP contribution is -3.10. The minimum Gasteiger partial charge on any atom is -0.351 e. The van der Waals surface area contributed by atoms with E-state index in [9.17, 15) is 9.18 Å². The SMILES string of the molecule is CC[NH+](CC)Cc1ccc(CNC(=O)CSc2ccc(F)cc2)cc1. The fourth-order valence-corrected chi connectivity index (χ4v) is 3.22. The van der Waals surface area contributed by atoms with Gasteiger partial charge in [-0.2, -0.15) is 0 Å². The molecule has 0 saturated heterocycles. The Morgan fingerprint density at radius 2 is 1.60 bits per heavy atom. The molecule has 134 valence electrons. The van der Waals surface area contributed by atoms with E-state index in [1.165, 1.54) is 29.5 Å². The molecule has 0 saturated carbocycles. The summed E-state index contributed by atoms with van der Waals surface area (Å²) in [5, 5.41) is 2.92. The van der Waals surface area contributed by atoms with Crippen LogP contribution in [0, 0.1) is 5.82 Å². The molecule has 0 bridgehead atoms. The number of amides is 1. The monoisotopic (exact) mass is 361 g/mol. The van der Waals surface area contributed by atoms with Crippen LogP contribution in [0.25, 0.3) is 0 Å². The van der Waals surface area contributed by atoms with Gasteiger partial charge in [-0.25, -0.2) is 4.39 Å². The fourth-order valence-electron chi connectivity index (χ4n) is 2.50. The van der Waals surface area contributed by atoms with E-state index >= 15 is 0 Å². The highest BCUT2D eigenvalue weighted by Crippen LogP contribution is 2.17. The Morgan fingerprint density at radius 1 is 1.00 bits per heavy atom. The number of hydrogen-bond acceptors (Lipinski definition) is 2. The smallest absolute Gasteiger partial charge is 0.230 e. The molecular weight excluding hydrogens is 335 g/mol. The van der Waals surface area contributed by atoms with Gasteiger partial charge in [0, 0.05) is 17.0 Å². The zero-order valence-electron chi connectivity index (χ0n) is 14.8. The van der Waals surface area contributed by atoms with Crippen LogP contribution in [0.1, 0.15) is 25.0 Å². The molecule has 2 aromatic rings. The topological polar surface area (TPSA) is 33.5 Å². The van der Waals surface area contributed by atoms with Crippen molar-refractivity contribution in [2.45, 2.75) is 31.8 Å². The van der Waals surface area contributed by atoms with E-state index in [4.69, 9.17) is 0 Å². The Hall–Kier alpha value is -1.85. The summed E-state index contributed by atoms with van der Waals surface area (Å²) in [6.07, 6.45) is 0. The largest absolute Gasteiger partial charge is 0.351 e. The van der Waals surface area contributed by atoms with Crippen LogP contribution >= 0.6 is 11.8 Å². The Balaban J connectivity index is 1.74. The minimum atomic E-state index is -0.264. The van der Waals surface area contributed by atoms with Crippen LogP contribution in [0.3, 0.4) is 0 Å². The first-order valence-corrected chi connectivity index (χ1v) is 9.65. The van der Waals surface area contributed by atoms with Crippen molar-refractivity contribution in [3.8, 4) is 0 Å². The zero-order valence-corrected chi connectivity index (χ0v) is 15.7. The average Bonchev–Trinajstić information content (AvgIpc) is 2.65. The highest BCUT2D eigenvalue weighted by atomic mass is 32.2. The lowest BCUT2D eigenvalue weighted by atomic mass is 10.1. The lowest BCUT2D eigenvalue weighted by Gasteiger charge is -2.15. The molecular formula is C20H26FN2OS+. The fraction of sp³-hybridized carbons (Fsp3) is 0.350. The van der Waals surface area contributed by atoms with Crippen molar-refractivity contribution in [1.29, 1.82) is 0 Å². The third-order valence-corrected chi connectivity index (χ3v) is 5.16. The maximum Gasteiger partial charge on any atom is 0.230 e. The second-order valence-corrected chi connectivity index (χ2v) is 7.02. The Kier molecular flexibility index (Phi) is 7.95. The van der Waals surface area contributed by atoms with Crippen LogP contribution in [-0.2, 0) is 17.9 Å². The van der Waals surface area contributed by atoms with Crippen molar-refractivity contribution >= 4 is 17.7 Å². The Labute approximate surface area is 153 Å². The van der Waals surface area contributed by atoms with Gasteiger partial charge in [0.2, 0.25) is 5.91 Å². The maximum atomic E-state index is 12.8. The molecule has 0 aromatic heterocycles. The van der Waals surface area contributed by atoms with Crippen LogP contribution in [0.5, 0.6) is 0 Å². The molecule has 1 amide bonds. The van der Waals surface area contributed by atoms with Gasteiger partial charge in [0.1, 0.15) is 12.4 Å². The number of carbonyl (C=O) groups excluding carboxylic acids is 1. The summed E-state index contributed by atoms with van der Waals surface area (Å²) in [6, 6.07) is 14.6. The van der Waals surface area contributed by atoms with Gasteiger partial charge in [-0.05, 0) is 43.7 Å². The van der Waals surface area contributed by atoms with E-state index in [2.05, 4.69) is 43.4 Å². The van der Waals surface area contributed by atoms with Crippen LogP contribution in [0.15, 0.2) is 53.4 Å². The molecule has 0 radical (unpaired) electrons. The first kappa shape index (κ1) is 19.5. The summed E-state index contributed by atoms with van der Waals surface area (Å²) < 4.78 is 12.8. The van der Waals surface area contributed by atoms with Crippen molar-refractivity contribution < 1.29 is 14.1 Å². The predicted octanol–water partition coefficient (Wildman–Crippen LogP) is 2.66. The third-order valence-electron chi connectivity index (χ3n) is 4.15. The highest BCUT2D eigenvalue weighted by Gasteiger charge is 2.06. The average molecular weight is 362 g/mol. The minimum absolute atomic E-state index is 0.0222. The summed E-state index contributed by atoms with van der Waals surface area (Å²) in [5.41, 5.74) is 2.42. The highest BCUT2D eigenvalue weighted by molar-refractivity contribution is 8.00. The first-order chi connectivity index (χ1) is 12.1. The summed E-state index contributed by atoms with van der Waals surface area (Å²) in [5.74, 6) is 0.0421. The standard InChI is InChI=1S/C20H25FN2OS/c1-3-23(4-2)14-17-7-5-16(6-8-17)13-22-20(24)15-25-19-11-9-18(21)10-12-19/h5-12H,3-4,13-15H2,1-2H3,(H,22,24)/p+1. The van der Waals surface area contributed by atoms with E-state index in [1.54, 1.807) is 17.0 Å². The van der Waals surface area contributed by atoms with Gasteiger partial charge in [0.25, 0.3) is 0 Å². The molecule has 2 rings (SSSR count). The summed E-state index contributed by atoms with van der Waals surface area (Å²) >= 11 is 1.41. The van der Waals surface area contributed by atoms with Crippen LogP contribution in [0.4, 0.5) is 4.39 Å². The molecule has 25 heavy (non-hydrogen) atoms. The van der Waals surface area contributed by atoms with E-state index < -0.39 is 0 Å². The van der Waals surface area contributed by atoms with E-state index in [0.29, 0.717) is 12.3 Å². The zero-order chi connectivity index (χ0) is 18.1. The van der Waals surface area contributed by atoms with E-state index in [-0.39, 0.29) is 11.7 Å². The number of quaternary nitrogens is 1. The van der Waals surface area contributed by atoms with Gasteiger partial charge in [-0.15, -0.1) is 11.8 Å². The quantitative estimate of drug-likeness (QED) is 0.673. The number of carbonyl (C=O) groups is 1. The normalized spacial score (nSPS) is 10.9. The molecule has 0 fully saturated rings. The van der Waals surface area contributed by atoms with Gasteiger partial charge in [-0.1, -0.05) is 24.3 Å². The number of benzene rings is 2. The molecule has 0 heterocycles. The molecule has 0 atom stereocenters. The predicted molar refractivity (Wildman–Crippen MR) is 101 cm³/mol. The van der Waals surface area contributed by atoms with E-state index in [1.807, 2.05) is 0 Å². The molecule has 0 unspecified atom stereocenters. The van der Waals surface area contributed by atoms with Gasteiger partial charge in [0.05, 0.1) is 18.8 Å². The Bertz CT molecular complexity index is 654. The number of halogens is 1. The summed E-state index contributed by atoms with van der Waals surface area (Å²) in [7, 11) is 0. The molecule has 5 heteroatoms. The molecule has 2 aromatic carbocycles. The van der Waals surface area contributed by atoms with Crippen LogP contribution < -0.4 is 10.2 Å². The molecule has 0 spiro atoms. The molecule has 3 nitrogen and oxygen atoms in total. The number of rotatable bonds is 9. The number of thioether (sulfide) groups is 1. The lowest BCUT2D eigenvalue weighted by molar-refractivity contribution is -0.910. The van der Waals surface area contributed by atoms with Gasteiger partial charge >= 0.3 is 0 Å². The van der Waals surface area contributed by atoms with Gasteiger partial charge < -0.3 is 10.2 Å². The van der Waals surface area contributed by atoms with Crippen molar-refractivity contribution in [1.82, 2.24) is 5.32 Å². The molecule has 0 aliphatic heterocycles. The Morgan fingerprint density at radius 3 is 2.20 bits per heavy atom. The van der Waals surface area contributed by atoms with Crippen molar-refractivity contribution in [2.75, 3.05) is 18.8 Å². The van der Waals surface area contributed by atoms with Crippen LogP contribution in [-0.4, -0.2) is 24.7 Å². The second kappa shape index (κ2) is 10.2. The van der Waals surface area contributed by atoms with Crippen molar-refractivity contribution in [3.63, 3.8) is 0 Å². The third kappa shape index (κ3) is 6.88. The van der Waals surface area contributed by atoms with Gasteiger partial charge in [-0.3, -0.25) is 4.79 Å². The van der Waals surface area contributed by atoms with E-state index in [0.717, 1.165) is 30.1 Å². The maximum absolute atomic E-state index is 12.8. The number of nitrogens with one attached hydrogen (secondary N) is 2.